The minimum Gasteiger partial charge on any atom is -0.304 e. The van der Waals surface area contributed by atoms with E-state index in [1.165, 1.54) is 52.0 Å². The molecule has 16 heavy (non-hydrogen) atoms. The topological polar surface area (TPSA) is 35.7 Å². The molecule has 4 heteroatoms. The standard InChI is InChI=1S/C12H26N4/c1-14-8-10-15(11-9-14)5-2-12-3-6-16(13)7-4-12/h12H,2-11,13H2,1H3. The van der Waals surface area contributed by atoms with Crippen molar-refractivity contribution < 1.29 is 0 Å². The van der Waals surface area contributed by atoms with Crippen LogP contribution in [0.25, 0.3) is 0 Å². The van der Waals surface area contributed by atoms with Crippen LogP contribution in [-0.2, 0) is 0 Å². The first-order valence-electron chi connectivity index (χ1n) is 6.64. The molecule has 2 fully saturated rings. The van der Waals surface area contributed by atoms with E-state index >= 15 is 0 Å². The van der Waals surface area contributed by atoms with Gasteiger partial charge in [0.2, 0.25) is 0 Å². The molecule has 2 rings (SSSR count). The zero-order valence-electron chi connectivity index (χ0n) is 10.6. The number of nitrogens with zero attached hydrogens (tertiary/aromatic N) is 3. The molecule has 0 aliphatic carbocycles. The summed E-state index contributed by atoms with van der Waals surface area (Å²) in [7, 11) is 2.22. The second kappa shape index (κ2) is 5.96. The normalized spacial score (nSPS) is 27.4. The van der Waals surface area contributed by atoms with Gasteiger partial charge >= 0.3 is 0 Å². The quantitative estimate of drug-likeness (QED) is 0.698. The molecular weight excluding hydrogens is 200 g/mol. The van der Waals surface area contributed by atoms with Crippen molar-refractivity contribution >= 4 is 0 Å². The van der Waals surface area contributed by atoms with Crippen molar-refractivity contribution in [2.45, 2.75) is 19.3 Å². The Kier molecular flexibility index (Phi) is 4.58. The number of hydrazine groups is 1. The maximum Gasteiger partial charge on any atom is 0.0131 e. The number of piperazine rings is 1. The van der Waals surface area contributed by atoms with E-state index < -0.39 is 0 Å². The molecule has 0 saturated carbocycles. The van der Waals surface area contributed by atoms with Gasteiger partial charge in [-0.1, -0.05) is 0 Å². The number of piperidine rings is 1. The highest BCUT2D eigenvalue weighted by Gasteiger charge is 2.19. The molecule has 2 heterocycles. The lowest BCUT2D eigenvalue weighted by atomic mass is 9.94. The van der Waals surface area contributed by atoms with Gasteiger partial charge in [-0.25, -0.2) is 5.01 Å². The molecule has 0 aromatic heterocycles. The van der Waals surface area contributed by atoms with Crippen molar-refractivity contribution in [3.05, 3.63) is 0 Å². The number of nitrogens with two attached hydrogens (primary N) is 1. The fourth-order valence-electron chi connectivity index (χ4n) is 2.68. The van der Waals surface area contributed by atoms with Crippen LogP contribution in [0.5, 0.6) is 0 Å². The molecule has 2 aliphatic rings. The maximum absolute atomic E-state index is 5.77. The van der Waals surface area contributed by atoms with Crippen LogP contribution in [0.4, 0.5) is 0 Å². The Hall–Kier alpha value is -0.160. The smallest absolute Gasteiger partial charge is 0.0131 e. The number of hydrogen-bond donors (Lipinski definition) is 1. The average molecular weight is 226 g/mol. The van der Waals surface area contributed by atoms with Gasteiger partial charge in [-0.05, 0) is 38.8 Å². The second-order valence-corrected chi connectivity index (χ2v) is 5.41. The lowest BCUT2D eigenvalue weighted by Crippen LogP contribution is -2.45. The molecule has 2 saturated heterocycles. The molecule has 2 N–H and O–H groups in total. The fraction of sp³-hybridized carbons (Fsp3) is 1.00. The van der Waals surface area contributed by atoms with Crippen molar-refractivity contribution in [1.82, 2.24) is 14.8 Å². The van der Waals surface area contributed by atoms with E-state index in [0.29, 0.717) is 0 Å². The van der Waals surface area contributed by atoms with Crippen LogP contribution >= 0.6 is 0 Å². The summed E-state index contributed by atoms with van der Waals surface area (Å²) >= 11 is 0. The van der Waals surface area contributed by atoms with E-state index in [0.717, 1.165) is 19.0 Å². The van der Waals surface area contributed by atoms with Crippen LogP contribution in [-0.4, -0.2) is 67.7 Å². The summed E-state index contributed by atoms with van der Waals surface area (Å²) in [6.07, 6.45) is 3.96. The number of hydrogen-bond acceptors (Lipinski definition) is 4. The lowest BCUT2D eigenvalue weighted by molar-refractivity contribution is 0.130. The largest absolute Gasteiger partial charge is 0.304 e. The predicted octanol–water partition coefficient (Wildman–Crippen LogP) is 0.210. The van der Waals surface area contributed by atoms with Gasteiger partial charge in [-0.3, -0.25) is 5.84 Å². The van der Waals surface area contributed by atoms with E-state index in [4.69, 9.17) is 5.84 Å². The van der Waals surface area contributed by atoms with E-state index in [1.54, 1.807) is 0 Å². The lowest BCUT2D eigenvalue weighted by Gasteiger charge is -2.34. The predicted molar refractivity (Wildman–Crippen MR) is 67.0 cm³/mol. The van der Waals surface area contributed by atoms with Gasteiger partial charge in [-0.15, -0.1) is 0 Å². The Morgan fingerprint density at radius 2 is 1.62 bits per heavy atom. The highest BCUT2D eigenvalue weighted by atomic mass is 15.4. The third kappa shape index (κ3) is 3.70. The highest BCUT2D eigenvalue weighted by Crippen LogP contribution is 2.19. The van der Waals surface area contributed by atoms with Gasteiger partial charge in [0.1, 0.15) is 0 Å². The van der Waals surface area contributed by atoms with Gasteiger partial charge in [0, 0.05) is 39.3 Å². The van der Waals surface area contributed by atoms with Crippen molar-refractivity contribution in [1.29, 1.82) is 0 Å². The number of rotatable bonds is 3. The summed E-state index contributed by atoms with van der Waals surface area (Å²) in [5, 5.41) is 1.96. The number of likely N-dealkylation sites (N-methyl/N-ethyl adjacent to an activating group) is 1. The van der Waals surface area contributed by atoms with E-state index in [9.17, 15) is 0 Å². The first-order valence-corrected chi connectivity index (χ1v) is 6.64. The van der Waals surface area contributed by atoms with Gasteiger partial charge in [0.15, 0.2) is 0 Å². The first kappa shape index (κ1) is 12.3. The Morgan fingerprint density at radius 3 is 2.25 bits per heavy atom. The SMILES string of the molecule is CN1CCN(CCC2CCN(N)CC2)CC1. The summed E-state index contributed by atoms with van der Waals surface area (Å²) in [5.41, 5.74) is 0. The van der Waals surface area contributed by atoms with Crippen LogP contribution < -0.4 is 5.84 Å². The molecule has 2 aliphatic heterocycles. The minimum absolute atomic E-state index is 0.916. The van der Waals surface area contributed by atoms with Gasteiger partial charge in [0.05, 0.1) is 0 Å². The average Bonchev–Trinajstić information content (AvgIpc) is 2.30. The Balaban J connectivity index is 1.60. The van der Waals surface area contributed by atoms with Crippen LogP contribution in [0.1, 0.15) is 19.3 Å². The first-order chi connectivity index (χ1) is 7.74. The summed E-state index contributed by atoms with van der Waals surface area (Å²) in [5.74, 6) is 6.68. The molecule has 0 aromatic rings. The summed E-state index contributed by atoms with van der Waals surface area (Å²) in [6.45, 7) is 8.46. The molecular formula is C12H26N4. The summed E-state index contributed by atoms with van der Waals surface area (Å²) in [4.78, 5) is 5.04. The molecule has 0 amide bonds. The van der Waals surface area contributed by atoms with Crippen molar-refractivity contribution in [2.75, 3.05) is 52.9 Å². The minimum atomic E-state index is 0.916. The fourth-order valence-corrected chi connectivity index (χ4v) is 2.68. The second-order valence-electron chi connectivity index (χ2n) is 5.41. The molecule has 94 valence electrons. The van der Waals surface area contributed by atoms with Crippen molar-refractivity contribution in [2.24, 2.45) is 11.8 Å². The maximum atomic E-state index is 5.77. The molecule has 0 aromatic carbocycles. The van der Waals surface area contributed by atoms with Crippen molar-refractivity contribution in [3.8, 4) is 0 Å². The third-order valence-electron chi connectivity index (χ3n) is 4.10. The van der Waals surface area contributed by atoms with Crippen LogP contribution in [0, 0.1) is 5.92 Å². The molecule has 0 radical (unpaired) electrons. The Bertz CT molecular complexity index is 171. The monoisotopic (exact) mass is 226 g/mol. The van der Waals surface area contributed by atoms with Gasteiger partial charge in [0.25, 0.3) is 0 Å². The summed E-state index contributed by atoms with van der Waals surface area (Å²) < 4.78 is 0. The Labute approximate surface area is 99.3 Å². The van der Waals surface area contributed by atoms with E-state index in [-0.39, 0.29) is 0 Å². The van der Waals surface area contributed by atoms with Gasteiger partial charge in [-0.2, -0.15) is 0 Å². The molecule has 0 atom stereocenters. The van der Waals surface area contributed by atoms with Crippen LogP contribution in [0.15, 0.2) is 0 Å². The zero-order chi connectivity index (χ0) is 11.4. The third-order valence-corrected chi connectivity index (χ3v) is 4.10. The van der Waals surface area contributed by atoms with Crippen molar-refractivity contribution in [3.63, 3.8) is 0 Å². The highest BCUT2D eigenvalue weighted by molar-refractivity contribution is 4.73. The summed E-state index contributed by atoms with van der Waals surface area (Å²) in [6, 6.07) is 0. The zero-order valence-corrected chi connectivity index (χ0v) is 10.6. The molecule has 0 spiro atoms. The van der Waals surface area contributed by atoms with E-state index in [1.807, 2.05) is 5.01 Å². The molecule has 0 unspecified atom stereocenters. The molecule has 4 nitrogen and oxygen atoms in total. The van der Waals surface area contributed by atoms with Crippen LogP contribution in [0.3, 0.4) is 0 Å². The van der Waals surface area contributed by atoms with Gasteiger partial charge < -0.3 is 9.80 Å². The molecule has 0 bridgehead atoms. The Morgan fingerprint density at radius 1 is 1.00 bits per heavy atom. The van der Waals surface area contributed by atoms with E-state index in [2.05, 4.69) is 16.8 Å². The van der Waals surface area contributed by atoms with Crippen LogP contribution in [0.2, 0.25) is 0 Å².